The fourth-order valence-corrected chi connectivity index (χ4v) is 1.39. The minimum atomic E-state index is -1.01. The highest BCUT2D eigenvalue weighted by Gasteiger charge is 2.12. The Kier molecular flexibility index (Phi) is 2.98. The second-order valence-electron chi connectivity index (χ2n) is 3.42. The van der Waals surface area contributed by atoms with Crippen LogP contribution < -0.4 is 15.3 Å². The van der Waals surface area contributed by atoms with Gasteiger partial charge in [-0.15, -0.1) is 5.10 Å². The molecule has 0 radical (unpaired) electrons. The number of ether oxygens (including phenoxy) is 1. The number of carboxylic acid groups (broad SMARTS) is 1. The van der Waals surface area contributed by atoms with E-state index in [9.17, 15) is 4.79 Å². The van der Waals surface area contributed by atoms with Crippen molar-refractivity contribution >= 4 is 17.5 Å². The molecule has 2 N–H and O–H groups in total. The lowest BCUT2D eigenvalue weighted by atomic mass is 10.3. The molecule has 2 rings (SSSR count). The first-order valence-corrected chi connectivity index (χ1v) is 4.96. The number of hydrogen-bond donors (Lipinski definition) is 2. The molecule has 0 saturated carbocycles. The molecule has 0 saturated heterocycles. The van der Waals surface area contributed by atoms with Crippen LogP contribution in [0.2, 0.25) is 0 Å². The Morgan fingerprint density at radius 2 is 2.47 bits per heavy atom. The van der Waals surface area contributed by atoms with E-state index in [-0.39, 0.29) is 6.61 Å². The van der Waals surface area contributed by atoms with Crippen LogP contribution in [0.3, 0.4) is 0 Å². The number of benzene rings is 1. The molecule has 0 spiro atoms. The first-order chi connectivity index (χ1) is 8.16. The highest BCUT2D eigenvalue weighted by molar-refractivity contribution is 5.70. The van der Waals surface area contributed by atoms with Crippen molar-refractivity contribution in [3.8, 4) is 5.75 Å². The second kappa shape index (κ2) is 4.59. The molecule has 0 aliphatic carbocycles. The van der Waals surface area contributed by atoms with Crippen molar-refractivity contribution in [1.29, 1.82) is 0 Å². The average molecular weight is 233 g/mol. The lowest BCUT2D eigenvalue weighted by Gasteiger charge is -2.18. The molecule has 0 amide bonds. The van der Waals surface area contributed by atoms with Gasteiger partial charge in [0.05, 0.1) is 5.69 Å². The first kappa shape index (κ1) is 11.0. The lowest BCUT2D eigenvalue weighted by molar-refractivity contribution is -0.139. The zero-order chi connectivity index (χ0) is 12.3. The van der Waals surface area contributed by atoms with Gasteiger partial charge in [-0.3, -0.25) is 0 Å². The number of aliphatic carboxylic acids is 1. The molecule has 1 aromatic rings. The summed E-state index contributed by atoms with van der Waals surface area (Å²) in [5, 5.41) is 14.0. The molecule has 1 aliphatic rings. The summed E-state index contributed by atoms with van der Waals surface area (Å²) in [6.45, 7) is 1.50. The van der Waals surface area contributed by atoms with Gasteiger partial charge in [0, 0.05) is 11.9 Å². The molecule has 0 atom stereocenters. The minimum Gasteiger partial charge on any atom is -0.482 e. The Labute approximate surface area is 97.8 Å². The van der Waals surface area contributed by atoms with Crippen molar-refractivity contribution < 1.29 is 14.6 Å². The van der Waals surface area contributed by atoms with E-state index in [1.807, 2.05) is 13.0 Å². The van der Waals surface area contributed by atoms with Crippen LogP contribution in [0.5, 0.6) is 5.75 Å². The molecule has 6 heteroatoms. The highest BCUT2D eigenvalue weighted by atomic mass is 16.5. The van der Waals surface area contributed by atoms with E-state index >= 15 is 0 Å². The summed E-state index contributed by atoms with van der Waals surface area (Å²) in [4.78, 5) is 10.4. The Morgan fingerprint density at radius 3 is 3.12 bits per heavy atom. The summed E-state index contributed by atoms with van der Waals surface area (Å²) in [6, 6.07) is 7.05. The number of hydrazone groups is 1. The summed E-state index contributed by atoms with van der Waals surface area (Å²) >= 11 is 0. The molecule has 0 unspecified atom stereocenters. The van der Waals surface area contributed by atoms with Gasteiger partial charge in [-0.1, -0.05) is 6.07 Å². The smallest absolute Gasteiger partial charge is 0.341 e. The quantitative estimate of drug-likeness (QED) is 0.810. The van der Waals surface area contributed by atoms with E-state index in [1.54, 1.807) is 23.2 Å². The van der Waals surface area contributed by atoms with Crippen LogP contribution in [-0.4, -0.2) is 23.6 Å². The van der Waals surface area contributed by atoms with Crippen LogP contribution in [0, 0.1) is 0 Å². The Bertz CT molecular complexity index is 506. The number of carbonyl (C=O) groups is 1. The minimum absolute atomic E-state index is 0.359. The summed E-state index contributed by atoms with van der Waals surface area (Å²) in [6.07, 6.45) is 0. The molecule has 0 aromatic heterocycles. The Balaban J connectivity index is 2.12. The van der Waals surface area contributed by atoms with Crippen molar-refractivity contribution in [3.63, 3.8) is 0 Å². The van der Waals surface area contributed by atoms with E-state index < -0.39 is 5.97 Å². The van der Waals surface area contributed by atoms with Crippen molar-refractivity contribution in [3.05, 3.63) is 30.0 Å². The van der Waals surface area contributed by atoms with Gasteiger partial charge in [-0.2, -0.15) is 0 Å². The number of rotatable bonds is 4. The normalized spacial score (nSPS) is 13.2. The second-order valence-corrected chi connectivity index (χ2v) is 3.42. The molecule has 0 fully saturated rings. The monoisotopic (exact) mass is 233 g/mol. The first-order valence-electron chi connectivity index (χ1n) is 4.96. The number of carboxylic acids is 1. The number of nitrogens with zero attached hydrogens (tertiary/aromatic N) is 2. The molecular weight excluding hydrogens is 222 g/mol. The number of hydrazine groups is 1. The van der Waals surface area contributed by atoms with Crippen molar-refractivity contribution in [1.82, 2.24) is 5.53 Å². The van der Waals surface area contributed by atoms with Gasteiger partial charge in [-0.05, 0) is 19.1 Å². The maximum Gasteiger partial charge on any atom is 0.341 e. The van der Waals surface area contributed by atoms with E-state index in [0.717, 1.165) is 11.4 Å². The van der Waals surface area contributed by atoms with Crippen molar-refractivity contribution in [2.75, 3.05) is 11.6 Å². The number of allylic oxidation sites excluding steroid dienone is 1. The SMILES string of the molecule is CC1=C=NNN1c1cccc(OCC(=O)O)c1. The van der Waals surface area contributed by atoms with Crippen molar-refractivity contribution in [2.45, 2.75) is 6.92 Å². The molecule has 1 aliphatic heterocycles. The van der Waals surface area contributed by atoms with Gasteiger partial charge in [-0.25, -0.2) is 15.3 Å². The zero-order valence-electron chi connectivity index (χ0n) is 9.17. The molecule has 0 bridgehead atoms. The third kappa shape index (κ3) is 2.56. The summed E-state index contributed by atoms with van der Waals surface area (Å²) in [7, 11) is 0. The maximum atomic E-state index is 10.4. The topological polar surface area (TPSA) is 74.2 Å². The van der Waals surface area contributed by atoms with Gasteiger partial charge in [0.25, 0.3) is 0 Å². The summed E-state index contributed by atoms with van der Waals surface area (Å²) in [5.74, 6) is 2.25. The third-order valence-electron chi connectivity index (χ3n) is 2.14. The largest absolute Gasteiger partial charge is 0.482 e. The highest BCUT2D eigenvalue weighted by Crippen LogP contribution is 2.22. The van der Waals surface area contributed by atoms with Gasteiger partial charge >= 0.3 is 5.97 Å². The molecule has 17 heavy (non-hydrogen) atoms. The Morgan fingerprint density at radius 1 is 1.65 bits per heavy atom. The maximum absolute atomic E-state index is 10.4. The van der Waals surface area contributed by atoms with Crippen LogP contribution in [-0.2, 0) is 4.79 Å². The molecule has 1 heterocycles. The van der Waals surface area contributed by atoms with Crippen LogP contribution >= 0.6 is 0 Å². The summed E-state index contributed by atoms with van der Waals surface area (Å²) < 4.78 is 5.09. The number of anilines is 1. The van der Waals surface area contributed by atoms with E-state index in [1.165, 1.54) is 0 Å². The third-order valence-corrected chi connectivity index (χ3v) is 2.14. The standard InChI is InChI=1S/C11H11N3O3/c1-8-6-12-13-14(8)9-3-2-4-10(5-9)17-7-11(15)16/h2-5,13H,7H2,1H3,(H,15,16). The van der Waals surface area contributed by atoms with E-state index in [4.69, 9.17) is 9.84 Å². The number of nitrogens with one attached hydrogen (secondary N) is 1. The summed E-state index contributed by atoms with van der Waals surface area (Å²) in [5.41, 5.74) is 4.38. The van der Waals surface area contributed by atoms with Gasteiger partial charge < -0.3 is 9.84 Å². The van der Waals surface area contributed by atoms with E-state index in [0.29, 0.717) is 5.75 Å². The lowest BCUT2D eigenvalue weighted by Crippen LogP contribution is -2.28. The van der Waals surface area contributed by atoms with Crippen LogP contribution in [0.1, 0.15) is 6.92 Å². The van der Waals surface area contributed by atoms with E-state index in [2.05, 4.69) is 16.5 Å². The Hall–Kier alpha value is -2.46. The average Bonchev–Trinajstić information content (AvgIpc) is 2.73. The van der Waals surface area contributed by atoms with Crippen LogP contribution in [0.15, 0.2) is 35.1 Å². The van der Waals surface area contributed by atoms with Crippen LogP contribution in [0.25, 0.3) is 0 Å². The van der Waals surface area contributed by atoms with Crippen LogP contribution in [0.4, 0.5) is 5.69 Å². The van der Waals surface area contributed by atoms with Gasteiger partial charge in [0.1, 0.15) is 11.4 Å². The molecular formula is C11H11N3O3. The van der Waals surface area contributed by atoms with Crippen molar-refractivity contribution in [2.24, 2.45) is 5.10 Å². The predicted molar refractivity (Wildman–Crippen MR) is 61.8 cm³/mol. The fourth-order valence-electron chi connectivity index (χ4n) is 1.39. The number of hydrogen-bond acceptors (Lipinski definition) is 5. The van der Waals surface area contributed by atoms with Gasteiger partial charge in [0.15, 0.2) is 6.61 Å². The van der Waals surface area contributed by atoms with Gasteiger partial charge in [0.2, 0.25) is 0 Å². The molecule has 1 aromatic carbocycles. The molecule has 88 valence electrons. The fraction of sp³-hybridized carbons (Fsp3) is 0.182. The zero-order valence-corrected chi connectivity index (χ0v) is 9.17. The predicted octanol–water partition coefficient (Wildman–Crippen LogP) is 0.963. The molecule has 6 nitrogen and oxygen atoms in total.